The summed E-state index contributed by atoms with van der Waals surface area (Å²) >= 11 is 1.36. The maximum atomic E-state index is 12.6. The van der Waals surface area contributed by atoms with Crippen LogP contribution in [0.5, 0.6) is 0 Å². The highest BCUT2D eigenvalue weighted by atomic mass is 32.1. The number of anilines is 1. The van der Waals surface area contributed by atoms with Gasteiger partial charge in [-0.05, 0) is 18.3 Å². The summed E-state index contributed by atoms with van der Waals surface area (Å²) in [5.41, 5.74) is 1.80. The normalized spacial score (nSPS) is 27.5. The first-order chi connectivity index (χ1) is 13.6. The molecule has 1 N–H and O–H groups in total. The number of likely N-dealkylation sites (tertiary alicyclic amines) is 1. The number of amides is 3. The van der Waals surface area contributed by atoms with E-state index >= 15 is 0 Å². The molecule has 5 rings (SSSR count). The third-order valence-corrected chi connectivity index (χ3v) is 6.70. The Morgan fingerprint density at radius 1 is 1.11 bits per heavy atom. The second-order valence-corrected chi connectivity index (χ2v) is 8.39. The lowest BCUT2D eigenvalue weighted by Crippen LogP contribution is -2.35. The highest BCUT2D eigenvalue weighted by Gasteiger charge is 2.59. The number of fused-ring (bicyclic) bond motifs is 5. The van der Waals surface area contributed by atoms with E-state index in [-0.39, 0.29) is 54.4 Å². The SMILES string of the molecule is O=C(CCN1C(=O)C2C3C=CC(C3)C2C1=O)Nc1nc(-c2ccccc2)cs1. The predicted molar refractivity (Wildman–Crippen MR) is 105 cm³/mol. The van der Waals surface area contributed by atoms with Crippen LogP contribution in [0.25, 0.3) is 11.3 Å². The Morgan fingerprint density at radius 3 is 2.46 bits per heavy atom. The summed E-state index contributed by atoms with van der Waals surface area (Å²) in [6.45, 7) is 0.132. The van der Waals surface area contributed by atoms with Crippen LogP contribution in [0.3, 0.4) is 0 Å². The van der Waals surface area contributed by atoms with E-state index in [9.17, 15) is 14.4 Å². The monoisotopic (exact) mass is 393 g/mol. The molecule has 2 heterocycles. The van der Waals surface area contributed by atoms with Crippen molar-refractivity contribution in [2.75, 3.05) is 11.9 Å². The molecule has 28 heavy (non-hydrogen) atoms. The summed E-state index contributed by atoms with van der Waals surface area (Å²) in [4.78, 5) is 43.3. The van der Waals surface area contributed by atoms with Gasteiger partial charge < -0.3 is 5.32 Å². The van der Waals surface area contributed by atoms with E-state index in [4.69, 9.17) is 0 Å². The zero-order valence-electron chi connectivity index (χ0n) is 15.1. The summed E-state index contributed by atoms with van der Waals surface area (Å²) in [6, 6.07) is 9.74. The topological polar surface area (TPSA) is 79.4 Å². The number of hydrogen-bond acceptors (Lipinski definition) is 5. The van der Waals surface area contributed by atoms with Crippen LogP contribution in [-0.4, -0.2) is 34.2 Å². The number of thiazole rings is 1. The largest absolute Gasteiger partial charge is 0.302 e. The summed E-state index contributed by atoms with van der Waals surface area (Å²) in [5.74, 6) is -0.502. The number of aromatic nitrogens is 1. The molecule has 1 saturated heterocycles. The summed E-state index contributed by atoms with van der Waals surface area (Å²) in [7, 11) is 0. The van der Waals surface area contributed by atoms with Crippen LogP contribution in [0.15, 0.2) is 47.9 Å². The Hall–Kier alpha value is -2.80. The van der Waals surface area contributed by atoms with E-state index in [2.05, 4.69) is 22.5 Å². The van der Waals surface area contributed by atoms with Crippen LogP contribution in [-0.2, 0) is 14.4 Å². The first kappa shape index (κ1) is 17.3. The lowest BCUT2D eigenvalue weighted by atomic mass is 9.85. The smallest absolute Gasteiger partial charge is 0.233 e. The van der Waals surface area contributed by atoms with Gasteiger partial charge in [0.05, 0.1) is 17.5 Å². The fourth-order valence-corrected chi connectivity index (χ4v) is 5.39. The van der Waals surface area contributed by atoms with Gasteiger partial charge in [0.15, 0.2) is 5.13 Å². The molecule has 0 spiro atoms. The number of carbonyl (C=O) groups is 3. The van der Waals surface area contributed by atoms with Crippen LogP contribution >= 0.6 is 11.3 Å². The first-order valence-electron chi connectivity index (χ1n) is 9.46. The highest BCUT2D eigenvalue weighted by Crippen LogP contribution is 2.52. The van der Waals surface area contributed by atoms with Gasteiger partial charge in [-0.1, -0.05) is 42.5 Å². The van der Waals surface area contributed by atoms with Gasteiger partial charge in [0.2, 0.25) is 17.7 Å². The van der Waals surface area contributed by atoms with Crippen molar-refractivity contribution in [3.63, 3.8) is 0 Å². The van der Waals surface area contributed by atoms with E-state index in [1.807, 2.05) is 35.7 Å². The number of imide groups is 1. The number of carbonyl (C=O) groups excluding carboxylic acids is 3. The molecular weight excluding hydrogens is 374 g/mol. The fourth-order valence-electron chi connectivity index (χ4n) is 4.65. The van der Waals surface area contributed by atoms with E-state index in [0.717, 1.165) is 17.7 Å². The molecule has 0 radical (unpaired) electrons. The lowest BCUT2D eigenvalue weighted by Gasteiger charge is -2.16. The van der Waals surface area contributed by atoms with Crippen LogP contribution in [0.2, 0.25) is 0 Å². The molecule has 4 atom stereocenters. The van der Waals surface area contributed by atoms with E-state index < -0.39 is 0 Å². The molecule has 1 aliphatic heterocycles. The van der Waals surface area contributed by atoms with Crippen molar-refractivity contribution in [3.05, 3.63) is 47.9 Å². The maximum absolute atomic E-state index is 12.6. The number of allylic oxidation sites excluding steroid dienone is 2. The number of nitrogens with one attached hydrogen (secondary N) is 1. The molecule has 3 aliphatic rings. The highest BCUT2D eigenvalue weighted by molar-refractivity contribution is 7.14. The predicted octanol–water partition coefficient (Wildman–Crippen LogP) is 2.95. The third kappa shape index (κ3) is 2.77. The van der Waals surface area contributed by atoms with Gasteiger partial charge in [0.25, 0.3) is 0 Å². The average molecular weight is 393 g/mol. The van der Waals surface area contributed by atoms with Crippen molar-refractivity contribution in [1.82, 2.24) is 9.88 Å². The molecule has 2 fully saturated rings. The molecule has 3 amide bonds. The van der Waals surface area contributed by atoms with Crippen molar-refractivity contribution in [2.24, 2.45) is 23.7 Å². The zero-order valence-corrected chi connectivity index (χ0v) is 15.9. The van der Waals surface area contributed by atoms with Gasteiger partial charge in [-0.3, -0.25) is 19.3 Å². The van der Waals surface area contributed by atoms with Crippen molar-refractivity contribution in [3.8, 4) is 11.3 Å². The van der Waals surface area contributed by atoms with Crippen LogP contribution < -0.4 is 5.32 Å². The van der Waals surface area contributed by atoms with Crippen LogP contribution in [0.1, 0.15) is 12.8 Å². The Balaban J connectivity index is 1.19. The maximum Gasteiger partial charge on any atom is 0.233 e. The standard InChI is InChI=1S/C21H19N3O3S/c25-16(23-21-22-15(11-28-21)12-4-2-1-3-5-12)8-9-24-19(26)17-13-6-7-14(10-13)18(17)20(24)27/h1-7,11,13-14,17-18H,8-10H2,(H,22,23,25). The molecule has 1 saturated carbocycles. The van der Waals surface area contributed by atoms with Crippen LogP contribution in [0, 0.1) is 23.7 Å². The van der Waals surface area contributed by atoms with Crippen molar-refractivity contribution in [2.45, 2.75) is 12.8 Å². The molecule has 6 nitrogen and oxygen atoms in total. The van der Waals surface area contributed by atoms with Gasteiger partial charge in [0.1, 0.15) is 0 Å². The zero-order chi connectivity index (χ0) is 19.3. The van der Waals surface area contributed by atoms with Gasteiger partial charge in [-0.2, -0.15) is 0 Å². The van der Waals surface area contributed by atoms with Crippen molar-refractivity contribution in [1.29, 1.82) is 0 Å². The first-order valence-corrected chi connectivity index (χ1v) is 10.3. The van der Waals surface area contributed by atoms with Crippen molar-refractivity contribution < 1.29 is 14.4 Å². The quantitative estimate of drug-likeness (QED) is 0.626. The molecule has 142 valence electrons. The molecule has 2 aliphatic carbocycles. The summed E-state index contributed by atoms with van der Waals surface area (Å²) < 4.78 is 0. The Bertz CT molecular complexity index is 954. The van der Waals surface area contributed by atoms with Gasteiger partial charge in [-0.15, -0.1) is 11.3 Å². The minimum absolute atomic E-state index is 0.0833. The molecule has 7 heteroatoms. The lowest BCUT2D eigenvalue weighted by molar-refractivity contribution is -0.140. The number of nitrogens with zero attached hydrogens (tertiary/aromatic N) is 2. The summed E-state index contributed by atoms with van der Waals surface area (Å²) in [5, 5.41) is 5.18. The van der Waals surface area contributed by atoms with Gasteiger partial charge in [-0.25, -0.2) is 4.98 Å². The van der Waals surface area contributed by atoms with E-state index in [0.29, 0.717) is 5.13 Å². The average Bonchev–Trinajstić information content (AvgIpc) is 3.47. The Labute approximate surface area is 166 Å². The second kappa shape index (κ2) is 6.67. The van der Waals surface area contributed by atoms with Crippen LogP contribution in [0.4, 0.5) is 5.13 Å². The second-order valence-electron chi connectivity index (χ2n) is 7.53. The molecule has 4 unspecified atom stereocenters. The van der Waals surface area contributed by atoms with Crippen molar-refractivity contribution >= 4 is 34.2 Å². The van der Waals surface area contributed by atoms with Gasteiger partial charge in [0, 0.05) is 23.9 Å². The fraction of sp³-hybridized carbons (Fsp3) is 0.333. The van der Waals surface area contributed by atoms with E-state index in [1.54, 1.807) is 0 Å². The molecule has 2 aromatic rings. The minimum atomic E-state index is -0.243. The van der Waals surface area contributed by atoms with E-state index in [1.165, 1.54) is 16.2 Å². The molecule has 1 aromatic carbocycles. The third-order valence-electron chi connectivity index (χ3n) is 5.94. The molecule has 2 bridgehead atoms. The minimum Gasteiger partial charge on any atom is -0.302 e. The number of benzene rings is 1. The summed E-state index contributed by atoms with van der Waals surface area (Å²) in [6.07, 6.45) is 5.13. The Morgan fingerprint density at radius 2 is 1.79 bits per heavy atom. The molecule has 1 aromatic heterocycles. The number of hydrogen-bond donors (Lipinski definition) is 1. The number of rotatable bonds is 5. The Kier molecular flexibility index (Phi) is 4.12. The van der Waals surface area contributed by atoms with Gasteiger partial charge >= 0.3 is 0 Å². The molecular formula is C21H19N3O3S.